The van der Waals surface area contributed by atoms with E-state index in [2.05, 4.69) is 15.8 Å². The summed E-state index contributed by atoms with van der Waals surface area (Å²) in [6, 6.07) is 14.2. The molecular formula is C18H17Cl2N3O2. The van der Waals surface area contributed by atoms with Crippen LogP contribution < -0.4 is 10.7 Å². The van der Waals surface area contributed by atoms with Crippen molar-refractivity contribution in [1.82, 2.24) is 5.43 Å². The molecule has 0 atom stereocenters. The van der Waals surface area contributed by atoms with Crippen molar-refractivity contribution in [1.29, 1.82) is 0 Å². The monoisotopic (exact) mass is 377 g/mol. The van der Waals surface area contributed by atoms with E-state index in [1.165, 1.54) is 6.07 Å². The highest BCUT2D eigenvalue weighted by Crippen LogP contribution is 2.25. The Morgan fingerprint density at radius 2 is 1.68 bits per heavy atom. The van der Waals surface area contributed by atoms with Gasteiger partial charge in [-0.25, -0.2) is 5.43 Å². The van der Waals surface area contributed by atoms with Crippen LogP contribution in [-0.4, -0.2) is 17.5 Å². The van der Waals surface area contributed by atoms with E-state index in [-0.39, 0.29) is 24.7 Å². The number of carbonyl (C=O) groups is 2. The van der Waals surface area contributed by atoms with Gasteiger partial charge in [-0.2, -0.15) is 5.10 Å². The van der Waals surface area contributed by atoms with Crippen LogP contribution in [0.25, 0.3) is 0 Å². The molecule has 0 aliphatic carbocycles. The molecule has 0 heterocycles. The van der Waals surface area contributed by atoms with Gasteiger partial charge in [-0.15, -0.1) is 0 Å². The van der Waals surface area contributed by atoms with E-state index in [1.807, 2.05) is 30.3 Å². The lowest BCUT2D eigenvalue weighted by molar-refractivity contribution is -0.124. The van der Waals surface area contributed by atoms with Crippen molar-refractivity contribution in [3.63, 3.8) is 0 Å². The highest BCUT2D eigenvalue weighted by molar-refractivity contribution is 6.36. The second kappa shape index (κ2) is 9.20. The van der Waals surface area contributed by atoms with Gasteiger partial charge in [-0.1, -0.05) is 53.5 Å². The average Bonchev–Trinajstić information content (AvgIpc) is 2.61. The number of nitrogens with zero attached hydrogens (tertiary/aromatic N) is 1. The first-order chi connectivity index (χ1) is 12.0. The van der Waals surface area contributed by atoms with Crippen LogP contribution >= 0.6 is 23.2 Å². The standard InChI is InChI=1S/C18H17Cl2N3O2/c1-12(13-5-3-2-4-6-13)22-23-18(25)10-9-17(24)21-16-8-7-14(19)11-15(16)20/h2-8,11H,9-10H2,1H3,(H,21,24)(H,23,25)/b22-12+. The van der Waals surface area contributed by atoms with Gasteiger partial charge >= 0.3 is 0 Å². The number of anilines is 1. The van der Waals surface area contributed by atoms with Gasteiger partial charge in [-0.3, -0.25) is 9.59 Å². The van der Waals surface area contributed by atoms with Crippen molar-refractivity contribution >= 4 is 46.4 Å². The fourth-order valence-electron chi connectivity index (χ4n) is 1.98. The first kappa shape index (κ1) is 19.0. The number of halogens is 2. The summed E-state index contributed by atoms with van der Waals surface area (Å²) in [6.45, 7) is 1.80. The van der Waals surface area contributed by atoms with E-state index < -0.39 is 0 Å². The summed E-state index contributed by atoms with van der Waals surface area (Å²) in [4.78, 5) is 23.7. The van der Waals surface area contributed by atoms with E-state index in [1.54, 1.807) is 19.1 Å². The fraction of sp³-hybridized carbons (Fsp3) is 0.167. The van der Waals surface area contributed by atoms with Crippen LogP contribution in [0.2, 0.25) is 10.0 Å². The Balaban J connectivity index is 1.80. The summed E-state index contributed by atoms with van der Waals surface area (Å²) in [5.74, 6) is -0.657. The number of nitrogens with one attached hydrogen (secondary N) is 2. The molecule has 0 aliphatic rings. The molecule has 0 bridgehead atoms. The zero-order valence-corrected chi connectivity index (χ0v) is 15.1. The second-order valence-electron chi connectivity index (χ2n) is 5.27. The predicted molar refractivity (Wildman–Crippen MR) is 101 cm³/mol. The molecule has 2 rings (SSSR count). The summed E-state index contributed by atoms with van der Waals surface area (Å²) in [6.07, 6.45) is 0.0350. The smallest absolute Gasteiger partial charge is 0.240 e. The van der Waals surface area contributed by atoms with Crippen molar-refractivity contribution in [3.05, 3.63) is 64.1 Å². The first-order valence-electron chi connectivity index (χ1n) is 7.59. The number of rotatable bonds is 6. The minimum absolute atomic E-state index is 0.0165. The molecule has 0 radical (unpaired) electrons. The van der Waals surface area contributed by atoms with Gasteiger partial charge in [0.25, 0.3) is 0 Å². The van der Waals surface area contributed by atoms with Crippen LogP contribution in [0, 0.1) is 0 Å². The van der Waals surface area contributed by atoms with Gasteiger partial charge in [-0.05, 0) is 30.7 Å². The molecule has 7 heteroatoms. The largest absolute Gasteiger partial charge is 0.325 e. The number of amides is 2. The lowest BCUT2D eigenvalue weighted by atomic mass is 10.1. The van der Waals surface area contributed by atoms with Crippen molar-refractivity contribution < 1.29 is 9.59 Å². The maximum absolute atomic E-state index is 11.9. The quantitative estimate of drug-likeness (QED) is 0.583. The third-order valence-corrected chi connectivity index (χ3v) is 3.87. The number of carbonyl (C=O) groups excluding carboxylic acids is 2. The van der Waals surface area contributed by atoms with Gasteiger partial charge in [0.05, 0.1) is 16.4 Å². The summed E-state index contributed by atoms with van der Waals surface area (Å²) in [7, 11) is 0. The summed E-state index contributed by atoms with van der Waals surface area (Å²) >= 11 is 11.8. The van der Waals surface area contributed by atoms with E-state index in [4.69, 9.17) is 23.2 Å². The first-order valence-corrected chi connectivity index (χ1v) is 8.35. The number of hydrogen-bond donors (Lipinski definition) is 2. The molecule has 0 unspecified atom stereocenters. The zero-order valence-electron chi connectivity index (χ0n) is 13.6. The topological polar surface area (TPSA) is 70.6 Å². The molecule has 2 aromatic rings. The molecule has 130 valence electrons. The third kappa shape index (κ3) is 6.21. The summed E-state index contributed by atoms with van der Waals surface area (Å²) < 4.78 is 0. The van der Waals surface area contributed by atoms with Gasteiger partial charge in [0, 0.05) is 17.9 Å². The van der Waals surface area contributed by atoms with Crippen molar-refractivity contribution in [2.75, 3.05) is 5.32 Å². The second-order valence-corrected chi connectivity index (χ2v) is 6.11. The highest BCUT2D eigenvalue weighted by atomic mass is 35.5. The van der Waals surface area contributed by atoms with Crippen molar-refractivity contribution in [3.8, 4) is 0 Å². The molecule has 0 aromatic heterocycles. The zero-order chi connectivity index (χ0) is 18.2. The highest BCUT2D eigenvalue weighted by Gasteiger charge is 2.09. The number of hydrazone groups is 1. The molecule has 2 amide bonds. The fourth-order valence-corrected chi connectivity index (χ4v) is 2.43. The summed E-state index contributed by atoms with van der Waals surface area (Å²) in [5.41, 5.74) is 4.50. The van der Waals surface area contributed by atoms with Crippen molar-refractivity contribution in [2.45, 2.75) is 19.8 Å². The van der Waals surface area contributed by atoms with Gasteiger partial charge in [0.1, 0.15) is 0 Å². The Kier molecular flexibility index (Phi) is 6.98. The van der Waals surface area contributed by atoms with E-state index in [0.717, 1.165) is 5.56 Å². The average molecular weight is 378 g/mol. The molecule has 0 aliphatic heterocycles. The minimum Gasteiger partial charge on any atom is -0.325 e. The molecule has 0 saturated heterocycles. The van der Waals surface area contributed by atoms with Gasteiger partial charge < -0.3 is 5.32 Å². The summed E-state index contributed by atoms with van der Waals surface area (Å²) in [5, 5.41) is 7.49. The molecule has 2 aromatic carbocycles. The van der Waals surface area contributed by atoms with E-state index in [9.17, 15) is 9.59 Å². The Labute approximate surface area is 156 Å². The third-order valence-electron chi connectivity index (χ3n) is 3.32. The van der Waals surface area contributed by atoms with Crippen LogP contribution in [0.15, 0.2) is 53.6 Å². The van der Waals surface area contributed by atoms with Gasteiger partial charge in [0.2, 0.25) is 11.8 Å². The Hall–Kier alpha value is -2.37. The maximum Gasteiger partial charge on any atom is 0.240 e. The molecule has 25 heavy (non-hydrogen) atoms. The van der Waals surface area contributed by atoms with Crippen LogP contribution in [0.5, 0.6) is 0 Å². The Morgan fingerprint density at radius 3 is 2.36 bits per heavy atom. The van der Waals surface area contributed by atoms with Crippen LogP contribution in [0.1, 0.15) is 25.3 Å². The maximum atomic E-state index is 11.9. The Bertz CT molecular complexity index is 792. The van der Waals surface area contributed by atoms with Crippen LogP contribution in [0.3, 0.4) is 0 Å². The predicted octanol–water partition coefficient (Wildman–Crippen LogP) is 4.25. The normalized spacial score (nSPS) is 11.1. The SMILES string of the molecule is C/C(=N\NC(=O)CCC(=O)Nc1ccc(Cl)cc1Cl)c1ccccc1. The van der Waals surface area contributed by atoms with E-state index >= 15 is 0 Å². The minimum atomic E-state index is -0.340. The molecular weight excluding hydrogens is 361 g/mol. The number of benzene rings is 2. The number of hydrogen-bond acceptors (Lipinski definition) is 3. The lowest BCUT2D eigenvalue weighted by Gasteiger charge is -2.07. The molecule has 2 N–H and O–H groups in total. The Morgan fingerprint density at radius 1 is 1.00 bits per heavy atom. The van der Waals surface area contributed by atoms with Crippen LogP contribution in [0.4, 0.5) is 5.69 Å². The molecule has 5 nitrogen and oxygen atoms in total. The van der Waals surface area contributed by atoms with Crippen LogP contribution in [-0.2, 0) is 9.59 Å². The van der Waals surface area contributed by atoms with Crippen molar-refractivity contribution in [2.24, 2.45) is 5.10 Å². The molecule has 0 spiro atoms. The molecule has 0 fully saturated rings. The van der Waals surface area contributed by atoms with E-state index in [0.29, 0.717) is 21.4 Å². The lowest BCUT2D eigenvalue weighted by Crippen LogP contribution is -2.21. The van der Waals surface area contributed by atoms with Gasteiger partial charge in [0.15, 0.2) is 0 Å². The molecule has 0 saturated carbocycles.